The van der Waals surface area contributed by atoms with E-state index in [4.69, 9.17) is 4.74 Å². The van der Waals surface area contributed by atoms with Crippen molar-refractivity contribution in [3.05, 3.63) is 52.1 Å². The molecule has 0 saturated carbocycles. The fourth-order valence-electron chi connectivity index (χ4n) is 2.72. The average molecular weight is 346 g/mol. The van der Waals surface area contributed by atoms with Crippen molar-refractivity contribution in [1.29, 1.82) is 0 Å². The number of benzene rings is 1. The van der Waals surface area contributed by atoms with E-state index in [1.807, 2.05) is 0 Å². The molecule has 1 aromatic carbocycles. The van der Waals surface area contributed by atoms with Crippen LogP contribution in [0.2, 0.25) is 0 Å². The van der Waals surface area contributed by atoms with Gasteiger partial charge in [-0.3, -0.25) is 4.79 Å². The molecule has 0 aliphatic rings. The van der Waals surface area contributed by atoms with Gasteiger partial charge < -0.3 is 15.0 Å². The molecule has 0 saturated heterocycles. The van der Waals surface area contributed by atoms with Crippen LogP contribution in [-0.2, 0) is 4.74 Å². The summed E-state index contributed by atoms with van der Waals surface area (Å²) in [5, 5.41) is 2.99. The maximum Gasteiger partial charge on any atom is 0.340 e. The topological polar surface area (TPSA) is 71.2 Å². The Hall–Kier alpha value is -2.63. The molecule has 5 nitrogen and oxygen atoms in total. The molecule has 0 amide bonds. The predicted octanol–water partition coefficient (Wildman–Crippen LogP) is 3.94. The lowest BCUT2D eigenvalue weighted by Crippen LogP contribution is -2.27. The number of carbonyl (C=O) groups is 2. The summed E-state index contributed by atoms with van der Waals surface area (Å²) in [6.45, 7) is 8.80. The SMILES string of the molecule is CCOC(=O)c1c(C)[nH]c(C(=O)[C@@H](C)Nc2ccc(C)c(F)c2)c1C. The second kappa shape index (κ2) is 7.51. The molecule has 25 heavy (non-hydrogen) atoms. The largest absolute Gasteiger partial charge is 0.462 e. The van der Waals surface area contributed by atoms with E-state index in [1.54, 1.807) is 46.8 Å². The molecular weight excluding hydrogens is 323 g/mol. The summed E-state index contributed by atoms with van der Waals surface area (Å²) in [5.41, 5.74) is 2.96. The van der Waals surface area contributed by atoms with Gasteiger partial charge in [0, 0.05) is 11.4 Å². The number of anilines is 1. The molecule has 0 spiro atoms. The zero-order valence-electron chi connectivity index (χ0n) is 15.1. The van der Waals surface area contributed by atoms with Gasteiger partial charge in [0.1, 0.15) is 5.82 Å². The van der Waals surface area contributed by atoms with Crippen molar-refractivity contribution in [2.75, 3.05) is 11.9 Å². The zero-order valence-corrected chi connectivity index (χ0v) is 15.1. The number of H-pyrrole nitrogens is 1. The van der Waals surface area contributed by atoms with Gasteiger partial charge in [-0.2, -0.15) is 0 Å². The van der Waals surface area contributed by atoms with Gasteiger partial charge >= 0.3 is 5.97 Å². The van der Waals surface area contributed by atoms with Gasteiger partial charge in [0.05, 0.1) is 23.9 Å². The zero-order chi connectivity index (χ0) is 18.7. The van der Waals surface area contributed by atoms with Gasteiger partial charge in [0.15, 0.2) is 0 Å². The highest BCUT2D eigenvalue weighted by Crippen LogP contribution is 2.22. The number of esters is 1. The molecule has 134 valence electrons. The third kappa shape index (κ3) is 3.90. The summed E-state index contributed by atoms with van der Waals surface area (Å²) in [4.78, 5) is 27.7. The number of carbonyl (C=O) groups excluding carboxylic acids is 2. The van der Waals surface area contributed by atoms with Gasteiger partial charge in [-0.1, -0.05) is 6.07 Å². The minimum Gasteiger partial charge on any atom is -0.462 e. The molecule has 1 aromatic heterocycles. The number of Topliss-reactive ketones (excluding diaryl/α,β-unsaturated/α-hetero) is 1. The van der Waals surface area contributed by atoms with Crippen molar-refractivity contribution in [2.45, 2.75) is 40.7 Å². The number of halogens is 1. The number of nitrogens with one attached hydrogen (secondary N) is 2. The smallest absolute Gasteiger partial charge is 0.340 e. The summed E-state index contributed by atoms with van der Waals surface area (Å²) >= 11 is 0. The summed E-state index contributed by atoms with van der Waals surface area (Å²) in [6, 6.07) is 4.14. The Labute approximate surface area is 146 Å². The first-order chi connectivity index (χ1) is 11.8. The Kier molecular flexibility index (Phi) is 5.62. The van der Waals surface area contributed by atoms with Crippen LogP contribution in [0.5, 0.6) is 0 Å². The monoisotopic (exact) mass is 346 g/mol. The minimum atomic E-state index is -0.589. The number of ketones is 1. The third-order valence-electron chi connectivity index (χ3n) is 4.11. The molecule has 1 heterocycles. The molecular formula is C19H23FN2O3. The molecule has 2 N–H and O–H groups in total. The van der Waals surface area contributed by atoms with E-state index in [0.29, 0.717) is 33.8 Å². The van der Waals surface area contributed by atoms with Gasteiger partial charge in [0.2, 0.25) is 5.78 Å². The van der Waals surface area contributed by atoms with Gasteiger partial charge in [-0.25, -0.2) is 9.18 Å². The highest BCUT2D eigenvalue weighted by molar-refractivity contribution is 6.04. The van der Waals surface area contributed by atoms with E-state index in [9.17, 15) is 14.0 Å². The van der Waals surface area contributed by atoms with Crippen LogP contribution in [0.25, 0.3) is 0 Å². The minimum absolute atomic E-state index is 0.211. The molecule has 0 aliphatic heterocycles. The normalized spacial score (nSPS) is 11.9. The van der Waals surface area contributed by atoms with Gasteiger partial charge in [-0.05, 0) is 57.9 Å². The molecule has 6 heteroatoms. The number of hydrogen-bond donors (Lipinski definition) is 2. The van der Waals surface area contributed by atoms with Crippen molar-refractivity contribution >= 4 is 17.4 Å². The Balaban J connectivity index is 2.23. The fourth-order valence-corrected chi connectivity index (χ4v) is 2.72. The lowest BCUT2D eigenvalue weighted by molar-refractivity contribution is 0.0525. The number of aryl methyl sites for hydroxylation is 2. The lowest BCUT2D eigenvalue weighted by Gasteiger charge is -2.14. The number of aromatic amines is 1. The number of rotatable bonds is 6. The summed E-state index contributed by atoms with van der Waals surface area (Å²) < 4.78 is 18.7. The second-order valence-corrected chi connectivity index (χ2v) is 6.04. The first-order valence-corrected chi connectivity index (χ1v) is 8.19. The van der Waals surface area contributed by atoms with Crippen LogP contribution in [0.15, 0.2) is 18.2 Å². The third-order valence-corrected chi connectivity index (χ3v) is 4.11. The van der Waals surface area contributed by atoms with Gasteiger partial charge in [0.25, 0.3) is 0 Å². The molecule has 1 atom stereocenters. The summed E-state index contributed by atoms with van der Waals surface area (Å²) in [7, 11) is 0. The first kappa shape index (κ1) is 18.7. The van der Waals surface area contributed by atoms with Crippen molar-refractivity contribution in [3.63, 3.8) is 0 Å². The maximum atomic E-state index is 13.7. The van der Waals surface area contributed by atoms with Crippen molar-refractivity contribution in [1.82, 2.24) is 4.98 Å². The fraction of sp³-hybridized carbons (Fsp3) is 0.368. The average Bonchev–Trinajstić information content (AvgIpc) is 2.85. The van der Waals surface area contributed by atoms with Gasteiger partial charge in [-0.15, -0.1) is 0 Å². The number of hydrogen-bond acceptors (Lipinski definition) is 4. The second-order valence-electron chi connectivity index (χ2n) is 6.04. The number of ether oxygens (including phenoxy) is 1. The quantitative estimate of drug-likeness (QED) is 0.614. The van der Waals surface area contributed by atoms with Crippen LogP contribution in [0.3, 0.4) is 0 Å². The molecule has 0 radical (unpaired) electrons. The summed E-state index contributed by atoms with van der Waals surface area (Å²) in [5.74, 6) is -0.993. The van der Waals surface area contributed by atoms with Crippen LogP contribution in [0.4, 0.5) is 10.1 Å². The molecule has 0 unspecified atom stereocenters. The molecule has 0 bridgehead atoms. The Morgan fingerprint density at radius 3 is 2.56 bits per heavy atom. The molecule has 0 aliphatic carbocycles. The Morgan fingerprint density at radius 1 is 1.28 bits per heavy atom. The maximum absolute atomic E-state index is 13.7. The van der Waals surface area contributed by atoms with Crippen molar-refractivity contribution < 1.29 is 18.7 Å². The summed E-state index contributed by atoms with van der Waals surface area (Å²) in [6.07, 6.45) is 0. The van der Waals surface area contributed by atoms with Crippen LogP contribution in [-0.4, -0.2) is 29.4 Å². The Morgan fingerprint density at radius 2 is 1.96 bits per heavy atom. The number of aromatic nitrogens is 1. The highest BCUT2D eigenvalue weighted by Gasteiger charge is 2.25. The van der Waals surface area contributed by atoms with E-state index in [1.165, 1.54) is 6.07 Å². The van der Waals surface area contributed by atoms with E-state index in [-0.39, 0.29) is 18.2 Å². The predicted molar refractivity (Wildman–Crippen MR) is 94.8 cm³/mol. The van der Waals surface area contributed by atoms with Crippen molar-refractivity contribution in [3.8, 4) is 0 Å². The van der Waals surface area contributed by atoms with Crippen LogP contribution < -0.4 is 5.32 Å². The highest BCUT2D eigenvalue weighted by atomic mass is 19.1. The van der Waals surface area contributed by atoms with E-state index in [0.717, 1.165) is 0 Å². The van der Waals surface area contributed by atoms with Crippen LogP contribution in [0, 0.1) is 26.6 Å². The van der Waals surface area contributed by atoms with E-state index in [2.05, 4.69) is 10.3 Å². The van der Waals surface area contributed by atoms with Crippen molar-refractivity contribution in [2.24, 2.45) is 0 Å². The van der Waals surface area contributed by atoms with E-state index >= 15 is 0 Å². The van der Waals surface area contributed by atoms with Crippen LogP contribution in [0.1, 0.15) is 51.5 Å². The molecule has 2 rings (SSSR count). The Bertz CT molecular complexity index is 811. The molecule has 2 aromatic rings. The lowest BCUT2D eigenvalue weighted by atomic mass is 10.0. The first-order valence-electron chi connectivity index (χ1n) is 8.19. The van der Waals surface area contributed by atoms with E-state index < -0.39 is 12.0 Å². The standard InChI is InChI=1S/C19H23FN2O3/c1-6-25-19(24)16-11(3)17(22-12(16)4)18(23)13(5)21-14-8-7-10(2)15(20)9-14/h7-9,13,21-22H,6H2,1-5H3/t13-/m1/s1. The molecule has 0 fully saturated rings. The van der Waals surface area contributed by atoms with Crippen LogP contribution >= 0.6 is 0 Å².